The van der Waals surface area contributed by atoms with E-state index in [1.54, 1.807) is 19.2 Å². The van der Waals surface area contributed by atoms with Crippen molar-refractivity contribution in [2.45, 2.75) is 18.9 Å². The van der Waals surface area contributed by atoms with Gasteiger partial charge in [0, 0.05) is 48.0 Å². The first-order chi connectivity index (χ1) is 14.0. The Hall–Kier alpha value is -1.95. The average molecular weight is 553 g/mol. The van der Waals surface area contributed by atoms with Gasteiger partial charge in [0.05, 0.1) is 7.11 Å². The summed E-state index contributed by atoms with van der Waals surface area (Å²) in [7, 11) is 2.08. The van der Waals surface area contributed by atoms with E-state index >= 15 is 0 Å². The molecule has 1 atom stereocenters. The number of halogens is 3. The van der Waals surface area contributed by atoms with Gasteiger partial charge < -0.3 is 20.1 Å². The van der Waals surface area contributed by atoms with Gasteiger partial charge >= 0.3 is 6.61 Å². The topological polar surface area (TPSA) is 72.0 Å². The van der Waals surface area contributed by atoms with E-state index in [0.29, 0.717) is 35.3 Å². The summed E-state index contributed by atoms with van der Waals surface area (Å²) in [5.74, 6) is 2.00. The summed E-state index contributed by atoms with van der Waals surface area (Å²) in [6, 6.07) is 14.2. The fourth-order valence-electron chi connectivity index (χ4n) is 2.55. The Morgan fingerprint density at radius 3 is 2.53 bits per heavy atom. The van der Waals surface area contributed by atoms with Gasteiger partial charge in [0.2, 0.25) is 0 Å². The predicted molar refractivity (Wildman–Crippen MR) is 126 cm³/mol. The minimum absolute atomic E-state index is 0. The number of rotatable bonds is 10. The average Bonchev–Trinajstić information content (AvgIpc) is 2.71. The van der Waals surface area contributed by atoms with Crippen LogP contribution < -0.4 is 20.1 Å². The van der Waals surface area contributed by atoms with E-state index in [-0.39, 0.29) is 36.3 Å². The Morgan fingerprint density at radius 2 is 1.90 bits per heavy atom. The molecule has 0 aromatic heterocycles. The lowest BCUT2D eigenvalue weighted by Gasteiger charge is -2.15. The Morgan fingerprint density at radius 1 is 1.17 bits per heavy atom. The van der Waals surface area contributed by atoms with Crippen molar-refractivity contribution in [3.63, 3.8) is 0 Å². The van der Waals surface area contributed by atoms with Crippen LogP contribution in [0.2, 0.25) is 0 Å². The number of hydrogen-bond donors (Lipinski definition) is 2. The van der Waals surface area contributed by atoms with E-state index < -0.39 is 17.4 Å². The highest BCUT2D eigenvalue weighted by atomic mass is 127. The monoisotopic (exact) mass is 553 g/mol. The molecule has 0 bridgehead atoms. The van der Waals surface area contributed by atoms with Crippen LogP contribution in [0.25, 0.3) is 0 Å². The van der Waals surface area contributed by atoms with Crippen LogP contribution in [0, 0.1) is 0 Å². The molecular formula is C20H26F2IN3O3S. The molecule has 0 heterocycles. The van der Waals surface area contributed by atoms with Crippen LogP contribution in [0.3, 0.4) is 0 Å². The van der Waals surface area contributed by atoms with Crippen molar-refractivity contribution in [1.29, 1.82) is 0 Å². The lowest BCUT2D eigenvalue weighted by molar-refractivity contribution is -0.0505. The third-order valence-electron chi connectivity index (χ3n) is 3.95. The first-order valence-corrected chi connectivity index (χ1v) is 10.5. The zero-order valence-electron chi connectivity index (χ0n) is 16.8. The van der Waals surface area contributed by atoms with E-state index in [0.717, 1.165) is 5.56 Å². The van der Waals surface area contributed by atoms with Crippen LogP contribution in [0.1, 0.15) is 11.1 Å². The fourth-order valence-corrected chi connectivity index (χ4v) is 3.59. The third kappa shape index (κ3) is 9.24. The van der Waals surface area contributed by atoms with Gasteiger partial charge in [-0.25, -0.2) is 0 Å². The molecule has 0 spiro atoms. The SMILES string of the molecule is CN=C(NCCS(=O)Cc1ccccc1)NCc1cc(OC)ccc1OC(F)F.I. The first-order valence-electron chi connectivity index (χ1n) is 8.97. The second-order valence-electron chi connectivity index (χ2n) is 5.98. The maximum Gasteiger partial charge on any atom is 0.387 e. The summed E-state index contributed by atoms with van der Waals surface area (Å²) < 4.78 is 47.1. The molecule has 6 nitrogen and oxygen atoms in total. The highest BCUT2D eigenvalue weighted by Crippen LogP contribution is 2.25. The minimum Gasteiger partial charge on any atom is -0.497 e. The van der Waals surface area contributed by atoms with E-state index in [1.807, 2.05) is 30.3 Å². The molecule has 166 valence electrons. The number of benzene rings is 2. The van der Waals surface area contributed by atoms with Crippen molar-refractivity contribution in [3.05, 3.63) is 59.7 Å². The first kappa shape index (κ1) is 26.1. The zero-order chi connectivity index (χ0) is 21.1. The van der Waals surface area contributed by atoms with E-state index in [9.17, 15) is 13.0 Å². The number of nitrogens with zero attached hydrogens (tertiary/aromatic N) is 1. The summed E-state index contributed by atoms with van der Waals surface area (Å²) in [4.78, 5) is 4.09. The van der Waals surface area contributed by atoms with Gasteiger partial charge in [-0.05, 0) is 23.8 Å². The summed E-state index contributed by atoms with van der Waals surface area (Å²) in [6.07, 6.45) is 0. The quantitative estimate of drug-likeness (QED) is 0.268. The zero-order valence-corrected chi connectivity index (χ0v) is 19.9. The van der Waals surface area contributed by atoms with Gasteiger partial charge in [0.15, 0.2) is 5.96 Å². The molecular weight excluding hydrogens is 527 g/mol. The van der Waals surface area contributed by atoms with E-state index in [1.165, 1.54) is 13.2 Å². The summed E-state index contributed by atoms with van der Waals surface area (Å²) >= 11 is 0. The third-order valence-corrected chi connectivity index (χ3v) is 5.26. The molecule has 0 saturated heterocycles. The molecule has 2 aromatic carbocycles. The number of ether oxygens (including phenoxy) is 2. The summed E-state index contributed by atoms with van der Waals surface area (Å²) in [5, 5.41) is 6.10. The van der Waals surface area contributed by atoms with Crippen LogP contribution in [0.15, 0.2) is 53.5 Å². The number of nitrogens with one attached hydrogen (secondary N) is 2. The second kappa shape index (κ2) is 14.1. The molecule has 0 aliphatic carbocycles. The lowest BCUT2D eigenvalue weighted by atomic mass is 10.2. The Labute approximate surface area is 194 Å². The number of guanidine groups is 1. The molecule has 0 radical (unpaired) electrons. The van der Waals surface area contributed by atoms with Gasteiger partial charge in [-0.1, -0.05) is 30.3 Å². The lowest BCUT2D eigenvalue weighted by Crippen LogP contribution is -2.38. The molecule has 1 unspecified atom stereocenters. The van der Waals surface area contributed by atoms with Crippen molar-refractivity contribution >= 4 is 40.7 Å². The Balaban J connectivity index is 0.00000450. The molecule has 0 fully saturated rings. The van der Waals surface area contributed by atoms with Crippen LogP contribution in [0.4, 0.5) is 8.78 Å². The second-order valence-corrected chi connectivity index (χ2v) is 7.56. The molecule has 0 amide bonds. The maximum absolute atomic E-state index is 12.6. The van der Waals surface area contributed by atoms with Crippen molar-refractivity contribution in [1.82, 2.24) is 10.6 Å². The summed E-state index contributed by atoms with van der Waals surface area (Å²) in [6.45, 7) is -2.26. The molecule has 30 heavy (non-hydrogen) atoms. The molecule has 10 heteroatoms. The predicted octanol–water partition coefficient (Wildman–Crippen LogP) is 3.53. The van der Waals surface area contributed by atoms with Crippen LogP contribution >= 0.6 is 24.0 Å². The van der Waals surface area contributed by atoms with Crippen molar-refractivity contribution in [2.75, 3.05) is 26.5 Å². The molecule has 0 aliphatic rings. The highest BCUT2D eigenvalue weighted by molar-refractivity contribution is 14.0. The van der Waals surface area contributed by atoms with Crippen molar-refractivity contribution in [3.8, 4) is 11.5 Å². The van der Waals surface area contributed by atoms with Gasteiger partial charge in [-0.15, -0.1) is 24.0 Å². The molecule has 2 rings (SSSR count). The molecule has 0 saturated carbocycles. The van der Waals surface area contributed by atoms with Gasteiger partial charge in [-0.2, -0.15) is 8.78 Å². The number of hydrogen-bond acceptors (Lipinski definition) is 4. The normalized spacial score (nSPS) is 12.1. The fraction of sp³-hybridized carbons (Fsp3) is 0.350. The van der Waals surface area contributed by atoms with E-state index in [2.05, 4.69) is 20.4 Å². The maximum atomic E-state index is 12.6. The largest absolute Gasteiger partial charge is 0.497 e. The van der Waals surface area contributed by atoms with Crippen molar-refractivity contribution in [2.24, 2.45) is 4.99 Å². The van der Waals surface area contributed by atoms with Crippen LogP contribution in [0.5, 0.6) is 11.5 Å². The Kier molecular flexibility index (Phi) is 12.3. The highest BCUT2D eigenvalue weighted by Gasteiger charge is 2.12. The molecule has 2 N–H and O–H groups in total. The minimum atomic E-state index is -2.92. The van der Waals surface area contributed by atoms with Crippen molar-refractivity contribution < 1.29 is 22.5 Å². The molecule has 2 aromatic rings. The van der Waals surface area contributed by atoms with Crippen LogP contribution in [-0.2, 0) is 23.1 Å². The summed E-state index contributed by atoms with van der Waals surface area (Å²) in [5.41, 5.74) is 1.53. The smallest absolute Gasteiger partial charge is 0.387 e. The Bertz CT molecular complexity index is 826. The molecule has 0 aliphatic heterocycles. The van der Waals surface area contributed by atoms with Crippen LogP contribution in [-0.4, -0.2) is 43.2 Å². The number of aliphatic imine (C=N–C) groups is 1. The number of alkyl halides is 2. The van der Waals surface area contributed by atoms with Gasteiger partial charge in [-0.3, -0.25) is 9.20 Å². The van der Waals surface area contributed by atoms with E-state index in [4.69, 9.17) is 4.74 Å². The van der Waals surface area contributed by atoms with Gasteiger partial charge in [0.25, 0.3) is 0 Å². The number of methoxy groups -OCH3 is 1. The van der Waals surface area contributed by atoms with Gasteiger partial charge in [0.1, 0.15) is 11.5 Å². The standard InChI is InChI=1S/C20H25F2N3O3S.HI/c1-23-20(24-10-11-29(26)14-15-6-4-3-5-7-15)25-13-16-12-17(27-2)8-9-18(16)28-19(21)22;/h3-9,12,19H,10-11,13-14H2,1-2H3,(H2,23,24,25);1H.